The summed E-state index contributed by atoms with van der Waals surface area (Å²) in [6, 6.07) is 23.1. The first kappa shape index (κ1) is 21.0. The van der Waals surface area contributed by atoms with Gasteiger partial charge in [0.15, 0.2) is 5.16 Å². The van der Waals surface area contributed by atoms with Crippen LogP contribution in [0.1, 0.15) is 25.8 Å². The van der Waals surface area contributed by atoms with E-state index in [1.807, 2.05) is 38.1 Å². The first-order valence-electron chi connectivity index (χ1n) is 11.2. The lowest BCUT2D eigenvalue weighted by Crippen LogP contribution is -2.45. The molecule has 2 N–H and O–H groups in total. The maximum Gasteiger partial charge on any atom is 0.237 e. The van der Waals surface area contributed by atoms with E-state index in [-0.39, 0.29) is 18.0 Å². The first-order valence-corrected chi connectivity index (χ1v) is 12.1. The van der Waals surface area contributed by atoms with E-state index < -0.39 is 0 Å². The molecule has 2 atom stereocenters. The summed E-state index contributed by atoms with van der Waals surface area (Å²) < 4.78 is 0. The van der Waals surface area contributed by atoms with Gasteiger partial charge in [-0.2, -0.15) is 0 Å². The summed E-state index contributed by atoms with van der Waals surface area (Å²) in [4.78, 5) is 23.5. The Balaban J connectivity index is 1.36. The van der Waals surface area contributed by atoms with Crippen molar-refractivity contribution >= 4 is 39.5 Å². The number of nitrogens with zero attached hydrogens (tertiary/aromatic N) is 2. The minimum Gasteiger partial charge on any atom is -0.353 e. The molecular weight excluding hydrogens is 416 g/mol. The van der Waals surface area contributed by atoms with Crippen molar-refractivity contribution in [1.29, 1.82) is 0 Å². The molecule has 1 aliphatic rings. The predicted octanol–water partition coefficient (Wildman–Crippen LogP) is 4.98. The van der Waals surface area contributed by atoms with Crippen LogP contribution in [-0.2, 0) is 11.3 Å². The van der Waals surface area contributed by atoms with Gasteiger partial charge >= 0.3 is 0 Å². The number of likely N-dealkylation sites (tertiary alicyclic amines) is 1. The van der Waals surface area contributed by atoms with E-state index in [1.165, 1.54) is 16.3 Å². The molecule has 0 bridgehead atoms. The highest BCUT2D eigenvalue weighted by Crippen LogP contribution is 2.33. The summed E-state index contributed by atoms with van der Waals surface area (Å²) in [5.74, 6) is 0.119. The van der Waals surface area contributed by atoms with Crippen molar-refractivity contribution in [3.63, 3.8) is 0 Å². The molecule has 1 fully saturated rings. The van der Waals surface area contributed by atoms with Crippen LogP contribution >= 0.6 is 11.8 Å². The number of carbonyl (C=O) groups excluding carboxylic acids is 1. The lowest BCUT2D eigenvalue weighted by molar-refractivity contribution is -0.126. The van der Waals surface area contributed by atoms with Crippen molar-refractivity contribution in [3.8, 4) is 0 Å². The minimum absolute atomic E-state index is 0.119. The fraction of sp³-hybridized carbons (Fsp3) is 0.308. The topological polar surface area (TPSA) is 61.0 Å². The van der Waals surface area contributed by atoms with Crippen molar-refractivity contribution in [2.45, 2.75) is 49.3 Å². The van der Waals surface area contributed by atoms with Crippen LogP contribution in [0, 0.1) is 0 Å². The zero-order valence-electron chi connectivity index (χ0n) is 18.4. The number of aromatic amines is 1. The van der Waals surface area contributed by atoms with Crippen LogP contribution in [0.4, 0.5) is 0 Å². The maximum absolute atomic E-state index is 13.0. The van der Waals surface area contributed by atoms with E-state index >= 15 is 0 Å². The molecule has 0 aliphatic carbocycles. The third-order valence-corrected chi connectivity index (χ3v) is 7.04. The Bertz CT molecular complexity index is 1220. The smallest absolute Gasteiger partial charge is 0.237 e. The Hall–Kier alpha value is -2.83. The molecule has 0 saturated carbocycles. The van der Waals surface area contributed by atoms with Gasteiger partial charge in [0.05, 0.1) is 17.1 Å². The number of imidazole rings is 1. The first-order chi connectivity index (χ1) is 15.5. The van der Waals surface area contributed by atoms with Gasteiger partial charge in [-0.1, -0.05) is 60.3 Å². The van der Waals surface area contributed by atoms with Gasteiger partial charge in [-0.25, -0.2) is 4.98 Å². The van der Waals surface area contributed by atoms with Gasteiger partial charge in [0.1, 0.15) is 0 Å². The fourth-order valence-corrected chi connectivity index (χ4v) is 5.67. The molecule has 4 aromatic rings. The van der Waals surface area contributed by atoms with Crippen LogP contribution in [0.5, 0.6) is 0 Å². The Morgan fingerprint density at radius 1 is 1.12 bits per heavy atom. The predicted molar refractivity (Wildman–Crippen MR) is 132 cm³/mol. The third-order valence-electron chi connectivity index (χ3n) is 5.94. The number of nitrogens with one attached hydrogen (secondary N) is 2. The third kappa shape index (κ3) is 4.52. The van der Waals surface area contributed by atoms with E-state index in [0.29, 0.717) is 5.25 Å². The van der Waals surface area contributed by atoms with E-state index in [0.717, 1.165) is 35.7 Å². The Morgan fingerprint density at radius 2 is 1.91 bits per heavy atom. The number of rotatable bonds is 6. The SMILES string of the molecule is CC(C)NC(=O)[C@@H]1C[C@H](Sc2nc3ccccc3[nH]2)CN1Cc1ccc2ccccc2c1. The molecular formula is C26H28N4OS. The van der Waals surface area contributed by atoms with Gasteiger partial charge < -0.3 is 10.3 Å². The van der Waals surface area contributed by atoms with E-state index in [1.54, 1.807) is 11.8 Å². The maximum atomic E-state index is 13.0. The molecule has 1 aliphatic heterocycles. The van der Waals surface area contributed by atoms with Gasteiger partial charge in [-0.3, -0.25) is 9.69 Å². The van der Waals surface area contributed by atoms with Crippen LogP contribution < -0.4 is 5.32 Å². The van der Waals surface area contributed by atoms with E-state index in [2.05, 4.69) is 57.7 Å². The number of carbonyl (C=O) groups is 1. The minimum atomic E-state index is -0.134. The largest absolute Gasteiger partial charge is 0.353 e. The molecule has 5 nitrogen and oxygen atoms in total. The Morgan fingerprint density at radius 3 is 2.72 bits per heavy atom. The van der Waals surface area contributed by atoms with Gasteiger partial charge in [-0.15, -0.1) is 0 Å². The molecule has 2 heterocycles. The monoisotopic (exact) mass is 444 g/mol. The van der Waals surface area contributed by atoms with Gasteiger partial charge in [0.25, 0.3) is 0 Å². The number of hydrogen-bond donors (Lipinski definition) is 2. The molecule has 3 aromatic carbocycles. The second kappa shape index (κ2) is 8.96. The van der Waals surface area contributed by atoms with Gasteiger partial charge in [0.2, 0.25) is 5.91 Å². The van der Waals surface area contributed by atoms with Crippen LogP contribution in [0.2, 0.25) is 0 Å². The molecule has 164 valence electrons. The standard InChI is InChI=1S/C26H28N4OS/c1-17(2)27-25(31)24-14-21(32-26-28-22-9-5-6-10-23(22)29-26)16-30(24)15-18-11-12-19-7-3-4-8-20(19)13-18/h3-13,17,21,24H,14-16H2,1-2H3,(H,27,31)(H,28,29)/t21-,24-/m0/s1. The molecule has 0 spiro atoms. The van der Waals surface area contributed by atoms with Gasteiger partial charge in [0, 0.05) is 24.4 Å². The molecule has 1 aromatic heterocycles. The molecule has 0 unspecified atom stereocenters. The highest BCUT2D eigenvalue weighted by Gasteiger charge is 2.37. The molecule has 5 rings (SSSR count). The summed E-state index contributed by atoms with van der Waals surface area (Å²) in [5, 5.41) is 6.83. The number of para-hydroxylation sites is 2. The molecule has 1 amide bonds. The van der Waals surface area contributed by atoms with E-state index in [9.17, 15) is 4.79 Å². The number of hydrogen-bond acceptors (Lipinski definition) is 4. The Labute approximate surface area is 192 Å². The summed E-state index contributed by atoms with van der Waals surface area (Å²) in [6.07, 6.45) is 0.813. The number of aromatic nitrogens is 2. The molecule has 6 heteroatoms. The van der Waals surface area contributed by atoms with Crippen molar-refractivity contribution in [1.82, 2.24) is 20.2 Å². The number of H-pyrrole nitrogens is 1. The number of benzene rings is 3. The van der Waals surface area contributed by atoms with Crippen LogP contribution in [0.15, 0.2) is 71.9 Å². The lowest BCUT2D eigenvalue weighted by Gasteiger charge is -2.24. The second-order valence-electron chi connectivity index (χ2n) is 8.82. The number of fused-ring (bicyclic) bond motifs is 2. The van der Waals surface area contributed by atoms with Crippen molar-refractivity contribution < 1.29 is 4.79 Å². The van der Waals surface area contributed by atoms with Crippen molar-refractivity contribution in [3.05, 3.63) is 72.3 Å². The van der Waals surface area contributed by atoms with Crippen molar-refractivity contribution in [2.75, 3.05) is 6.54 Å². The highest BCUT2D eigenvalue weighted by atomic mass is 32.2. The Kier molecular flexibility index (Phi) is 5.89. The molecule has 1 saturated heterocycles. The van der Waals surface area contributed by atoms with E-state index in [4.69, 9.17) is 4.98 Å². The quantitative estimate of drug-likeness (QED) is 0.441. The highest BCUT2D eigenvalue weighted by molar-refractivity contribution is 7.99. The molecule has 0 radical (unpaired) electrons. The number of amides is 1. The normalized spacial score (nSPS) is 19.2. The van der Waals surface area contributed by atoms with Crippen LogP contribution in [0.25, 0.3) is 21.8 Å². The summed E-state index contributed by atoms with van der Waals surface area (Å²) in [6.45, 7) is 5.64. The van der Waals surface area contributed by atoms with Crippen LogP contribution in [0.3, 0.4) is 0 Å². The zero-order chi connectivity index (χ0) is 22.1. The lowest BCUT2D eigenvalue weighted by atomic mass is 10.1. The molecule has 32 heavy (non-hydrogen) atoms. The summed E-state index contributed by atoms with van der Waals surface area (Å²) in [5.41, 5.74) is 3.27. The average molecular weight is 445 g/mol. The summed E-state index contributed by atoms with van der Waals surface area (Å²) >= 11 is 1.75. The van der Waals surface area contributed by atoms with Crippen LogP contribution in [-0.4, -0.2) is 44.7 Å². The second-order valence-corrected chi connectivity index (χ2v) is 10.1. The van der Waals surface area contributed by atoms with Gasteiger partial charge in [-0.05, 0) is 54.8 Å². The zero-order valence-corrected chi connectivity index (χ0v) is 19.2. The van der Waals surface area contributed by atoms with Crippen molar-refractivity contribution in [2.24, 2.45) is 0 Å². The number of thioether (sulfide) groups is 1. The summed E-state index contributed by atoms with van der Waals surface area (Å²) in [7, 11) is 0. The fourth-order valence-electron chi connectivity index (χ4n) is 4.49. The average Bonchev–Trinajstić information content (AvgIpc) is 3.36.